The van der Waals surface area contributed by atoms with Gasteiger partial charge >= 0.3 is 5.97 Å². The van der Waals surface area contributed by atoms with E-state index in [9.17, 15) is 14.7 Å². The molecule has 0 heterocycles. The predicted molar refractivity (Wildman–Crippen MR) is 103 cm³/mol. The standard InChI is InChI=1S/C22H38O4/c1-4-6-8-9-11-19-18(10-7-5-2)20-16(13-23)12-17(14-26-15(3)24)21(20)22(19)25/h16-21,23H,4-14H2,1-3H3/t16-,17+,18-,19-,20+,21+/m0/s1. The average Bonchev–Trinajstić information content (AvgIpc) is 3.11. The van der Waals surface area contributed by atoms with Gasteiger partial charge in [-0.25, -0.2) is 0 Å². The number of hydrogen-bond acceptors (Lipinski definition) is 4. The Morgan fingerprint density at radius 2 is 1.81 bits per heavy atom. The van der Waals surface area contributed by atoms with Crippen LogP contribution in [0, 0.1) is 35.5 Å². The minimum Gasteiger partial charge on any atom is -0.466 e. The van der Waals surface area contributed by atoms with Crippen LogP contribution in [-0.2, 0) is 14.3 Å². The highest BCUT2D eigenvalue weighted by atomic mass is 16.5. The molecule has 2 aliphatic carbocycles. The summed E-state index contributed by atoms with van der Waals surface area (Å²) in [6, 6.07) is 0. The number of carbonyl (C=O) groups is 2. The van der Waals surface area contributed by atoms with Crippen LogP contribution in [0.2, 0.25) is 0 Å². The lowest BCUT2D eigenvalue weighted by molar-refractivity contribution is -0.143. The van der Waals surface area contributed by atoms with Crippen LogP contribution in [0.3, 0.4) is 0 Å². The van der Waals surface area contributed by atoms with Crippen LogP contribution < -0.4 is 0 Å². The maximum Gasteiger partial charge on any atom is 0.302 e. The molecule has 0 radical (unpaired) electrons. The van der Waals surface area contributed by atoms with E-state index in [1.165, 1.54) is 26.2 Å². The molecule has 2 rings (SSSR count). The van der Waals surface area contributed by atoms with Crippen molar-refractivity contribution >= 4 is 11.8 Å². The highest BCUT2D eigenvalue weighted by Crippen LogP contribution is 2.56. The van der Waals surface area contributed by atoms with Gasteiger partial charge in [0.2, 0.25) is 0 Å². The largest absolute Gasteiger partial charge is 0.466 e. The first kappa shape index (κ1) is 21.4. The summed E-state index contributed by atoms with van der Waals surface area (Å²) >= 11 is 0. The molecule has 1 N–H and O–H groups in total. The molecule has 26 heavy (non-hydrogen) atoms. The molecule has 0 bridgehead atoms. The maximum atomic E-state index is 13.3. The van der Waals surface area contributed by atoms with E-state index in [0.29, 0.717) is 18.3 Å². The first-order chi connectivity index (χ1) is 12.5. The quantitative estimate of drug-likeness (QED) is 0.435. The highest BCUT2D eigenvalue weighted by Gasteiger charge is 2.58. The van der Waals surface area contributed by atoms with E-state index >= 15 is 0 Å². The number of aliphatic hydroxyl groups is 1. The minimum atomic E-state index is -0.280. The van der Waals surface area contributed by atoms with E-state index in [1.54, 1.807) is 0 Å². The Hall–Kier alpha value is -0.900. The van der Waals surface area contributed by atoms with Crippen LogP contribution in [0.25, 0.3) is 0 Å². The Kier molecular flexibility index (Phi) is 8.59. The van der Waals surface area contributed by atoms with Crippen molar-refractivity contribution in [3.8, 4) is 0 Å². The fourth-order valence-electron chi connectivity index (χ4n) is 5.64. The Morgan fingerprint density at radius 1 is 1.08 bits per heavy atom. The summed E-state index contributed by atoms with van der Waals surface area (Å²) < 4.78 is 5.27. The molecule has 0 aromatic carbocycles. The first-order valence-corrected chi connectivity index (χ1v) is 10.8. The van der Waals surface area contributed by atoms with Crippen molar-refractivity contribution in [1.82, 2.24) is 0 Å². The molecule has 2 fully saturated rings. The summed E-state index contributed by atoms with van der Waals surface area (Å²) in [5, 5.41) is 9.95. The van der Waals surface area contributed by atoms with E-state index in [-0.39, 0.29) is 42.2 Å². The summed E-state index contributed by atoms with van der Waals surface area (Å²) in [6.07, 6.45) is 9.99. The number of ketones is 1. The van der Waals surface area contributed by atoms with Gasteiger partial charge in [0.1, 0.15) is 5.78 Å². The van der Waals surface area contributed by atoms with Crippen LogP contribution in [0.5, 0.6) is 0 Å². The number of Topliss-reactive ketones (excluding diaryl/α,β-unsaturated/α-hetero) is 1. The van der Waals surface area contributed by atoms with Gasteiger partial charge in [-0.2, -0.15) is 0 Å². The Balaban J connectivity index is 2.13. The van der Waals surface area contributed by atoms with Crippen LogP contribution in [0.4, 0.5) is 0 Å². The number of fused-ring (bicyclic) bond motifs is 1. The molecular formula is C22H38O4. The van der Waals surface area contributed by atoms with Gasteiger partial charge in [-0.15, -0.1) is 0 Å². The Labute approximate surface area is 159 Å². The van der Waals surface area contributed by atoms with Crippen molar-refractivity contribution in [3.63, 3.8) is 0 Å². The zero-order valence-corrected chi connectivity index (χ0v) is 16.9. The lowest BCUT2D eigenvalue weighted by atomic mass is 9.78. The molecule has 0 spiro atoms. The monoisotopic (exact) mass is 366 g/mol. The van der Waals surface area contributed by atoms with E-state index in [0.717, 1.165) is 38.5 Å². The van der Waals surface area contributed by atoms with Crippen molar-refractivity contribution < 1.29 is 19.4 Å². The van der Waals surface area contributed by atoms with E-state index in [1.807, 2.05) is 0 Å². The number of unbranched alkanes of at least 4 members (excludes halogenated alkanes) is 4. The summed E-state index contributed by atoms with van der Waals surface area (Å²) in [6.45, 7) is 6.32. The van der Waals surface area contributed by atoms with Crippen molar-refractivity contribution in [2.45, 2.75) is 78.6 Å². The second kappa shape index (κ2) is 10.4. The number of rotatable bonds is 11. The van der Waals surface area contributed by atoms with Crippen LogP contribution in [-0.4, -0.2) is 30.1 Å². The van der Waals surface area contributed by atoms with Gasteiger partial charge in [-0.1, -0.05) is 52.4 Å². The number of hydrogen-bond donors (Lipinski definition) is 1. The van der Waals surface area contributed by atoms with Gasteiger partial charge in [-0.3, -0.25) is 9.59 Å². The lowest BCUT2D eigenvalue weighted by Gasteiger charge is -2.27. The molecule has 0 aromatic heterocycles. The molecule has 0 saturated heterocycles. The second-order valence-corrected chi connectivity index (χ2v) is 8.51. The molecule has 4 heteroatoms. The second-order valence-electron chi connectivity index (χ2n) is 8.51. The zero-order chi connectivity index (χ0) is 19.1. The highest BCUT2D eigenvalue weighted by molar-refractivity contribution is 5.87. The summed E-state index contributed by atoms with van der Waals surface area (Å²) in [4.78, 5) is 24.6. The molecule has 4 nitrogen and oxygen atoms in total. The van der Waals surface area contributed by atoms with E-state index in [2.05, 4.69) is 13.8 Å². The predicted octanol–water partition coefficient (Wildman–Crippen LogP) is 4.39. The average molecular weight is 367 g/mol. The molecular weight excluding hydrogens is 328 g/mol. The fraction of sp³-hybridized carbons (Fsp3) is 0.909. The molecule has 0 amide bonds. The van der Waals surface area contributed by atoms with Crippen molar-refractivity contribution in [2.24, 2.45) is 35.5 Å². The smallest absolute Gasteiger partial charge is 0.302 e. The fourth-order valence-corrected chi connectivity index (χ4v) is 5.64. The molecule has 0 aliphatic heterocycles. The SMILES string of the molecule is CCCCCC[C@@H]1C(=O)[C@@H]2[C@@H](COC(C)=O)C[C@@H](CO)[C@@H]2[C@H]1CCCC. The van der Waals surface area contributed by atoms with Crippen LogP contribution >= 0.6 is 0 Å². The molecule has 2 aliphatic rings. The van der Waals surface area contributed by atoms with Crippen molar-refractivity contribution in [3.05, 3.63) is 0 Å². The molecule has 0 unspecified atom stereocenters. The van der Waals surface area contributed by atoms with Gasteiger partial charge in [0, 0.05) is 31.3 Å². The normalized spacial score (nSPS) is 33.5. The first-order valence-electron chi connectivity index (χ1n) is 10.8. The molecule has 150 valence electrons. The summed E-state index contributed by atoms with van der Waals surface area (Å²) in [5.74, 6) is 1.25. The third kappa shape index (κ3) is 4.88. The Bertz CT molecular complexity index is 461. The Morgan fingerprint density at radius 3 is 2.42 bits per heavy atom. The van der Waals surface area contributed by atoms with Crippen molar-refractivity contribution in [1.29, 1.82) is 0 Å². The van der Waals surface area contributed by atoms with E-state index < -0.39 is 0 Å². The maximum absolute atomic E-state index is 13.3. The van der Waals surface area contributed by atoms with Crippen LogP contribution in [0.15, 0.2) is 0 Å². The summed E-state index contributed by atoms with van der Waals surface area (Å²) in [7, 11) is 0. The van der Waals surface area contributed by atoms with E-state index in [4.69, 9.17) is 4.74 Å². The number of ether oxygens (including phenoxy) is 1. The number of esters is 1. The minimum absolute atomic E-state index is 0.00969. The number of carbonyl (C=O) groups excluding carboxylic acids is 2. The molecule has 0 aromatic rings. The lowest BCUT2D eigenvalue weighted by Crippen LogP contribution is -2.25. The van der Waals surface area contributed by atoms with Gasteiger partial charge in [0.15, 0.2) is 0 Å². The summed E-state index contributed by atoms with van der Waals surface area (Å²) in [5.41, 5.74) is 0. The van der Waals surface area contributed by atoms with Gasteiger partial charge < -0.3 is 9.84 Å². The van der Waals surface area contributed by atoms with Crippen LogP contribution in [0.1, 0.15) is 78.6 Å². The topological polar surface area (TPSA) is 63.6 Å². The third-order valence-corrected chi connectivity index (χ3v) is 6.77. The zero-order valence-electron chi connectivity index (χ0n) is 16.9. The van der Waals surface area contributed by atoms with Crippen molar-refractivity contribution in [2.75, 3.05) is 13.2 Å². The molecule has 6 atom stereocenters. The molecule has 2 saturated carbocycles. The third-order valence-electron chi connectivity index (χ3n) is 6.77. The number of aliphatic hydroxyl groups excluding tert-OH is 1. The van der Waals surface area contributed by atoms with Gasteiger partial charge in [0.25, 0.3) is 0 Å². The van der Waals surface area contributed by atoms with Gasteiger partial charge in [0.05, 0.1) is 6.61 Å². The van der Waals surface area contributed by atoms with Gasteiger partial charge in [-0.05, 0) is 37.0 Å².